The van der Waals surface area contributed by atoms with Crippen molar-refractivity contribution in [3.63, 3.8) is 0 Å². The van der Waals surface area contributed by atoms with E-state index in [0.29, 0.717) is 23.7 Å². The third-order valence-electron chi connectivity index (χ3n) is 2.67. The average Bonchev–Trinajstić information content (AvgIpc) is 2.38. The molecule has 20 heavy (non-hydrogen) atoms. The smallest absolute Gasteiger partial charge is 0.319 e. The fraction of sp³-hybridized carbons (Fsp3) is 0.133. The van der Waals surface area contributed by atoms with Gasteiger partial charge in [-0.2, -0.15) is 0 Å². The van der Waals surface area contributed by atoms with Gasteiger partial charge in [-0.15, -0.1) is 0 Å². The minimum absolute atomic E-state index is 0.272. The number of amides is 2. The Morgan fingerprint density at radius 1 is 1.15 bits per heavy atom. The highest BCUT2D eigenvalue weighted by atomic mass is 35.5. The van der Waals surface area contributed by atoms with E-state index >= 15 is 0 Å². The lowest BCUT2D eigenvalue weighted by Gasteiger charge is -2.08. The molecule has 0 aliphatic rings. The van der Waals surface area contributed by atoms with Gasteiger partial charge in [0.15, 0.2) is 0 Å². The SMILES string of the molecule is O=C(NCCc1cccc(F)c1)Nc1cccc(Cl)c1. The minimum Gasteiger partial charge on any atom is -0.338 e. The molecule has 0 saturated heterocycles. The summed E-state index contributed by atoms with van der Waals surface area (Å²) < 4.78 is 13.0. The third-order valence-corrected chi connectivity index (χ3v) is 2.91. The van der Waals surface area contributed by atoms with Gasteiger partial charge in [-0.3, -0.25) is 0 Å². The number of urea groups is 1. The molecule has 0 saturated carbocycles. The Balaban J connectivity index is 1.78. The largest absolute Gasteiger partial charge is 0.338 e. The van der Waals surface area contributed by atoms with Crippen LogP contribution in [0, 0.1) is 5.82 Å². The van der Waals surface area contributed by atoms with Gasteiger partial charge >= 0.3 is 6.03 Å². The Kier molecular flexibility index (Phi) is 4.96. The summed E-state index contributed by atoms with van der Waals surface area (Å²) in [5.74, 6) is -0.272. The van der Waals surface area contributed by atoms with Crippen LogP contribution >= 0.6 is 11.6 Å². The Morgan fingerprint density at radius 2 is 1.95 bits per heavy atom. The third kappa shape index (κ3) is 4.55. The number of hydrogen-bond acceptors (Lipinski definition) is 1. The Labute approximate surface area is 121 Å². The van der Waals surface area contributed by atoms with Gasteiger partial charge in [0.2, 0.25) is 0 Å². The number of rotatable bonds is 4. The molecule has 2 aromatic carbocycles. The summed E-state index contributed by atoms with van der Waals surface area (Å²) in [6.45, 7) is 0.426. The van der Waals surface area contributed by atoms with Crippen LogP contribution < -0.4 is 10.6 Å². The van der Waals surface area contributed by atoms with Gasteiger partial charge in [-0.1, -0.05) is 29.8 Å². The van der Waals surface area contributed by atoms with Crippen LogP contribution in [-0.4, -0.2) is 12.6 Å². The maximum atomic E-state index is 13.0. The zero-order valence-electron chi connectivity index (χ0n) is 10.7. The molecular formula is C15H14ClFN2O. The van der Waals surface area contributed by atoms with E-state index in [1.807, 2.05) is 6.07 Å². The maximum absolute atomic E-state index is 13.0. The molecule has 3 nitrogen and oxygen atoms in total. The zero-order chi connectivity index (χ0) is 14.4. The zero-order valence-corrected chi connectivity index (χ0v) is 11.5. The van der Waals surface area contributed by atoms with Crippen LogP contribution in [0.25, 0.3) is 0 Å². The Hall–Kier alpha value is -2.07. The molecule has 0 spiro atoms. The molecule has 0 atom stereocenters. The molecular weight excluding hydrogens is 279 g/mol. The first kappa shape index (κ1) is 14.3. The number of benzene rings is 2. The molecule has 0 aromatic heterocycles. The maximum Gasteiger partial charge on any atom is 0.319 e. The monoisotopic (exact) mass is 292 g/mol. The van der Waals surface area contributed by atoms with Gasteiger partial charge < -0.3 is 10.6 Å². The van der Waals surface area contributed by atoms with Crippen molar-refractivity contribution in [3.05, 3.63) is 64.9 Å². The van der Waals surface area contributed by atoms with E-state index in [-0.39, 0.29) is 11.8 Å². The second-order valence-corrected chi connectivity index (χ2v) is 4.71. The molecule has 0 bridgehead atoms. The lowest BCUT2D eigenvalue weighted by molar-refractivity contribution is 0.252. The van der Waals surface area contributed by atoms with Gasteiger partial charge in [0.25, 0.3) is 0 Å². The molecule has 0 radical (unpaired) electrons. The predicted molar refractivity (Wildman–Crippen MR) is 78.6 cm³/mol. The second-order valence-electron chi connectivity index (χ2n) is 4.27. The molecule has 2 amide bonds. The van der Waals surface area contributed by atoms with Crippen LogP contribution in [-0.2, 0) is 6.42 Å². The summed E-state index contributed by atoms with van der Waals surface area (Å²) in [7, 11) is 0. The van der Waals surface area contributed by atoms with E-state index in [4.69, 9.17) is 11.6 Å². The normalized spacial score (nSPS) is 10.1. The molecule has 2 aromatic rings. The first-order valence-electron chi connectivity index (χ1n) is 6.18. The van der Waals surface area contributed by atoms with Crippen molar-refractivity contribution in [2.45, 2.75) is 6.42 Å². The van der Waals surface area contributed by atoms with E-state index in [1.54, 1.807) is 30.3 Å². The van der Waals surface area contributed by atoms with Crippen molar-refractivity contribution in [1.29, 1.82) is 0 Å². The number of carbonyl (C=O) groups excluding carboxylic acids is 1. The molecule has 0 unspecified atom stereocenters. The highest BCUT2D eigenvalue weighted by molar-refractivity contribution is 6.30. The fourth-order valence-corrected chi connectivity index (χ4v) is 1.94. The summed E-state index contributed by atoms with van der Waals surface area (Å²) in [6, 6.07) is 12.9. The topological polar surface area (TPSA) is 41.1 Å². The predicted octanol–water partition coefficient (Wildman–Crippen LogP) is 3.84. The van der Waals surface area contributed by atoms with Crippen molar-refractivity contribution >= 4 is 23.3 Å². The molecule has 0 aliphatic carbocycles. The second kappa shape index (κ2) is 6.91. The highest BCUT2D eigenvalue weighted by Crippen LogP contribution is 2.14. The van der Waals surface area contributed by atoms with Crippen LogP contribution in [0.5, 0.6) is 0 Å². The van der Waals surface area contributed by atoms with E-state index < -0.39 is 0 Å². The van der Waals surface area contributed by atoms with Crippen molar-refractivity contribution in [1.82, 2.24) is 5.32 Å². The van der Waals surface area contributed by atoms with Crippen LogP contribution in [0.1, 0.15) is 5.56 Å². The van der Waals surface area contributed by atoms with Gasteiger partial charge in [0, 0.05) is 17.3 Å². The number of hydrogen-bond donors (Lipinski definition) is 2. The van der Waals surface area contributed by atoms with Crippen molar-refractivity contribution in [3.8, 4) is 0 Å². The van der Waals surface area contributed by atoms with Crippen LogP contribution in [0.15, 0.2) is 48.5 Å². The van der Waals surface area contributed by atoms with Gasteiger partial charge in [0.05, 0.1) is 0 Å². The summed E-state index contributed by atoms with van der Waals surface area (Å²) in [4.78, 5) is 11.6. The standard InChI is InChI=1S/C15H14ClFN2O/c16-12-4-2-6-14(10-12)19-15(20)18-8-7-11-3-1-5-13(17)9-11/h1-6,9-10H,7-8H2,(H2,18,19,20). The van der Waals surface area contributed by atoms with E-state index in [2.05, 4.69) is 10.6 Å². The summed E-state index contributed by atoms with van der Waals surface area (Å²) in [5, 5.41) is 5.93. The van der Waals surface area contributed by atoms with Crippen LogP contribution in [0.4, 0.5) is 14.9 Å². The highest BCUT2D eigenvalue weighted by Gasteiger charge is 2.02. The molecule has 0 aliphatic heterocycles. The van der Waals surface area contributed by atoms with Gasteiger partial charge in [-0.05, 0) is 42.3 Å². The van der Waals surface area contributed by atoms with E-state index in [9.17, 15) is 9.18 Å². The van der Waals surface area contributed by atoms with E-state index in [1.165, 1.54) is 12.1 Å². The van der Waals surface area contributed by atoms with Gasteiger partial charge in [-0.25, -0.2) is 9.18 Å². The number of carbonyl (C=O) groups is 1. The Morgan fingerprint density at radius 3 is 2.70 bits per heavy atom. The molecule has 104 valence electrons. The summed E-state index contributed by atoms with van der Waals surface area (Å²) in [5.41, 5.74) is 1.47. The summed E-state index contributed by atoms with van der Waals surface area (Å²) >= 11 is 5.82. The van der Waals surface area contributed by atoms with Crippen molar-refractivity contribution in [2.75, 3.05) is 11.9 Å². The minimum atomic E-state index is -0.316. The number of halogens is 2. The van der Waals surface area contributed by atoms with Gasteiger partial charge in [0.1, 0.15) is 5.82 Å². The fourth-order valence-electron chi connectivity index (χ4n) is 1.75. The quantitative estimate of drug-likeness (QED) is 0.883. The summed E-state index contributed by atoms with van der Waals surface area (Å²) in [6.07, 6.45) is 0.570. The molecule has 2 rings (SSSR count). The molecule has 0 fully saturated rings. The molecule has 2 N–H and O–H groups in total. The Bertz CT molecular complexity index is 604. The number of nitrogens with one attached hydrogen (secondary N) is 2. The average molecular weight is 293 g/mol. The van der Waals surface area contributed by atoms with Crippen molar-refractivity contribution in [2.24, 2.45) is 0 Å². The molecule has 5 heteroatoms. The van der Waals surface area contributed by atoms with Crippen LogP contribution in [0.3, 0.4) is 0 Å². The number of anilines is 1. The van der Waals surface area contributed by atoms with Crippen molar-refractivity contribution < 1.29 is 9.18 Å². The van der Waals surface area contributed by atoms with E-state index in [0.717, 1.165) is 5.56 Å². The first-order chi connectivity index (χ1) is 9.63. The molecule has 0 heterocycles. The van der Waals surface area contributed by atoms with Crippen LogP contribution in [0.2, 0.25) is 5.02 Å². The lowest BCUT2D eigenvalue weighted by Crippen LogP contribution is -2.30. The first-order valence-corrected chi connectivity index (χ1v) is 6.56. The lowest BCUT2D eigenvalue weighted by atomic mass is 10.1.